The first-order valence-electron chi connectivity index (χ1n) is 22.3. The van der Waals surface area contributed by atoms with Crippen LogP contribution in [-0.4, -0.2) is 15.6 Å². The Bertz CT molecular complexity index is 3120. The molecule has 0 amide bonds. The first kappa shape index (κ1) is 41.8. The normalized spacial score (nSPS) is 13.3. The second-order valence-corrected chi connectivity index (χ2v) is 21.3. The highest BCUT2D eigenvalue weighted by atomic mass is 16.5. The van der Waals surface area contributed by atoms with E-state index in [4.69, 9.17) is 9.72 Å². The maximum atomic E-state index is 6.81. The van der Waals surface area contributed by atoms with Gasteiger partial charge in [-0.3, -0.25) is 4.57 Å². The minimum Gasteiger partial charge on any atom is -0.457 e. The van der Waals surface area contributed by atoms with E-state index in [1.54, 1.807) is 0 Å². The summed E-state index contributed by atoms with van der Waals surface area (Å²) in [6, 6.07) is 54.1. The van der Waals surface area contributed by atoms with Gasteiger partial charge in [-0.05, 0) is 107 Å². The average molecular weight is 829 g/mol. The molecule has 5 heteroatoms. The summed E-state index contributed by atoms with van der Waals surface area (Å²) >= 11 is 0. The summed E-state index contributed by atoms with van der Waals surface area (Å²) in [5.74, 6) is 2.39. The lowest BCUT2D eigenvalue weighted by Gasteiger charge is -2.26. The van der Waals surface area contributed by atoms with E-state index < -0.39 is 0 Å². The Balaban J connectivity index is 1.16. The molecule has 0 radical (unpaired) electrons. The molecule has 8 aromatic rings. The Morgan fingerprint density at radius 2 is 1.11 bits per heavy atom. The third-order valence-electron chi connectivity index (χ3n) is 12.4. The van der Waals surface area contributed by atoms with Crippen LogP contribution in [0.15, 0.2) is 146 Å². The molecular weight excluding hydrogens is 769 g/mol. The summed E-state index contributed by atoms with van der Waals surface area (Å²) in [6.45, 7) is 27.3. The summed E-state index contributed by atoms with van der Waals surface area (Å²) in [7, 11) is 0. The molecule has 5 nitrogen and oxygen atoms in total. The summed E-state index contributed by atoms with van der Waals surface area (Å²) in [5, 5.41) is 2.37. The smallest absolute Gasteiger partial charge is 0.457 e. The number of hydrogen-bond donors (Lipinski definition) is 0. The molecule has 0 aliphatic carbocycles. The number of para-hydroxylation sites is 2. The van der Waals surface area contributed by atoms with Crippen molar-refractivity contribution in [3.05, 3.63) is 168 Å². The highest BCUT2D eigenvalue weighted by molar-refractivity contribution is 6.10. The van der Waals surface area contributed by atoms with Gasteiger partial charge in [0.05, 0.1) is 22.7 Å². The van der Waals surface area contributed by atoms with E-state index >= 15 is 0 Å². The molecule has 63 heavy (non-hydrogen) atoms. The van der Waals surface area contributed by atoms with Gasteiger partial charge < -0.3 is 4.74 Å². The van der Waals surface area contributed by atoms with E-state index in [-0.39, 0.29) is 21.7 Å². The Morgan fingerprint density at radius 1 is 0.476 bits per heavy atom. The Labute approximate surface area is 373 Å². The number of nitrogens with zero attached hydrogens (tertiary/aromatic N) is 4. The second kappa shape index (κ2) is 15.1. The molecule has 0 bridgehead atoms. The maximum Gasteiger partial charge on any atom is 0.503 e. The summed E-state index contributed by atoms with van der Waals surface area (Å²) in [4.78, 5) is 4.94. The summed E-state index contributed by atoms with van der Waals surface area (Å²) in [6.07, 6.45) is 1.93. The average Bonchev–Trinajstić information content (AvgIpc) is 3.79. The largest absolute Gasteiger partial charge is 0.503 e. The molecule has 1 aliphatic rings. The van der Waals surface area contributed by atoms with Gasteiger partial charge in [0.15, 0.2) is 0 Å². The van der Waals surface area contributed by atoms with Gasteiger partial charge in [-0.2, -0.15) is 0 Å². The standard InChI is InChI=1S/C58H60N4O/c1-55(2,3)39-24-27-50-49(33-39)48-26-25-46(36-52(48)62(50)53-34-40(28-29-59-53)56(4,5)6)63-45-21-16-20-44(35-45)60-37-61(43-18-14-13-15-19-43)54-47(22-17-23-51(54)60)38-30-41(57(7,8)9)32-42(31-38)58(10,11)12/h13-36H,1-12H3/q+2. The topological polar surface area (TPSA) is 33.1 Å². The van der Waals surface area contributed by atoms with E-state index in [9.17, 15) is 0 Å². The fraction of sp³-hybridized carbons (Fsp3) is 0.276. The zero-order valence-electron chi connectivity index (χ0n) is 39.1. The predicted molar refractivity (Wildman–Crippen MR) is 266 cm³/mol. The van der Waals surface area contributed by atoms with Gasteiger partial charge in [-0.1, -0.05) is 138 Å². The van der Waals surface area contributed by atoms with Crippen LogP contribution in [0.4, 0.5) is 22.7 Å². The zero-order valence-corrected chi connectivity index (χ0v) is 39.1. The zero-order chi connectivity index (χ0) is 44.6. The number of rotatable bonds is 6. The van der Waals surface area contributed by atoms with Crippen LogP contribution in [0.1, 0.15) is 105 Å². The molecular formula is C58H60N4O+2. The van der Waals surface area contributed by atoms with Crippen molar-refractivity contribution in [2.45, 2.75) is 105 Å². The number of hydrogen-bond acceptors (Lipinski definition) is 2. The van der Waals surface area contributed by atoms with Gasteiger partial charge in [-0.15, -0.1) is 0 Å². The van der Waals surface area contributed by atoms with Gasteiger partial charge in [0, 0.05) is 47.3 Å². The van der Waals surface area contributed by atoms with Crippen molar-refractivity contribution in [3.8, 4) is 28.4 Å². The van der Waals surface area contributed by atoms with E-state index in [1.165, 1.54) is 33.2 Å². The molecule has 0 atom stereocenters. The molecule has 0 spiro atoms. The molecule has 0 unspecified atom stereocenters. The lowest BCUT2D eigenvalue weighted by atomic mass is 9.78. The van der Waals surface area contributed by atoms with Gasteiger partial charge in [0.2, 0.25) is 11.4 Å². The first-order valence-corrected chi connectivity index (χ1v) is 22.3. The molecule has 2 aromatic heterocycles. The fourth-order valence-corrected chi connectivity index (χ4v) is 8.60. The summed E-state index contributed by atoms with van der Waals surface area (Å²) < 4.78 is 13.5. The van der Waals surface area contributed by atoms with Crippen molar-refractivity contribution in [2.24, 2.45) is 0 Å². The Morgan fingerprint density at radius 3 is 1.79 bits per heavy atom. The number of aromatic nitrogens is 2. The number of pyridine rings is 1. The number of ether oxygens (including phenoxy) is 1. The van der Waals surface area contributed by atoms with Crippen molar-refractivity contribution < 1.29 is 4.74 Å². The Kier molecular flexibility index (Phi) is 9.99. The molecule has 316 valence electrons. The molecule has 0 fully saturated rings. The quantitative estimate of drug-likeness (QED) is 0.156. The van der Waals surface area contributed by atoms with Gasteiger partial charge in [0.1, 0.15) is 17.3 Å². The van der Waals surface area contributed by atoms with Crippen LogP contribution in [0.5, 0.6) is 11.5 Å². The van der Waals surface area contributed by atoms with Crippen molar-refractivity contribution in [3.63, 3.8) is 0 Å². The van der Waals surface area contributed by atoms with E-state index in [0.29, 0.717) is 0 Å². The van der Waals surface area contributed by atoms with Gasteiger partial charge in [-0.25, -0.2) is 4.98 Å². The minimum atomic E-state index is -0.0212. The number of fused-ring (bicyclic) bond motifs is 4. The third-order valence-corrected chi connectivity index (χ3v) is 12.4. The van der Waals surface area contributed by atoms with Crippen molar-refractivity contribution in [1.82, 2.24) is 18.7 Å². The van der Waals surface area contributed by atoms with Crippen molar-refractivity contribution in [2.75, 3.05) is 0 Å². The molecule has 6 aromatic carbocycles. The van der Waals surface area contributed by atoms with Crippen LogP contribution in [0, 0.1) is 0 Å². The van der Waals surface area contributed by atoms with Gasteiger partial charge >= 0.3 is 11.7 Å². The maximum absolute atomic E-state index is 6.81. The van der Waals surface area contributed by atoms with Gasteiger partial charge in [0.25, 0.3) is 5.69 Å². The van der Waals surface area contributed by atoms with E-state index in [0.717, 1.165) is 62.0 Å². The van der Waals surface area contributed by atoms with Crippen LogP contribution in [0.25, 0.3) is 38.8 Å². The predicted octanol–water partition coefficient (Wildman–Crippen LogP) is 15.7. The van der Waals surface area contributed by atoms with Crippen LogP contribution >= 0.6 is 0 Å². The second-order valence-electron chi connectivity index (χ2n) is 21.3. The van der Waals surface area contributed by atoms with Crippen molar-refractivity contribution in [1.29, 1.82) is 0 Å². The number of benzene rings is 6. The molecule has 3 heterocycles. The van der Waals surface area contributed by atoms with Crippen LogP contribution in [0.2, 0.25) is 0 Å². The molecule has 1 aliphatic heterocycles. The van der Waals surface area contributed by atoms with E-state index in [1.807, 2.05) is 12.3 Å². The fourth-order valence-electron chi connectivity index (χ4n) is 8.60. The highest BCUT2D eigenvalue weighted by Gasteiger charge is 2.40. The lowest BCUT2D eigenvalue weighted by Crippen LogP contribution is -2.16. The SMILES string of the molecule is CC(C)(C)c1cc(-c2cccc3c2[N+](c2ccccc2)=C=[N+]3c2cccc(Oc3ccc4c5cc(C(C)(C)C)ccc5n(-c5cc(C(C)(C)C)ccn5)c4c3)c2)cc(C(C)(C)C)c1. The van der Waals surface area contributed by atoms with Crippen molar-refractivity contribution >= 4 is 50.6 Å². The first-order chi connectivity index (χ1) is 29.7. The monoisotopic (exact) mass is 828 g/mol. The lowest BCUT2D eigenvalue weighted by molar-refractivity contribution is 0.483. The molecule has 9 rings (SSSR count). The minimum absolute atomic E-state index is 0.0110. The third kappa shape index (κ3) is 7.92. The van der Waals surface area contributed by atoms with Crippen LogP contribution in [0.3, 0.4) is 0 Å². The highest BCUT2D eigenvalue weighted by Crippen LogP contribution is 2.45. The van der Waals surface area contributed by atoms with E-state index in [2.05, 4.69) is 236 Å². The van der Waals surface area contributed by atoms with Crippen LogP contribution in [-0.2, 0) is 21.7 Å². The Hall–Kier alpha value is -6.55. The van der Waals surface area contributed by atoms with Crippen LogP contribution < -0.4 is 13.9 Å². The molecule has 0 saturated carbocycles. The molecule has 0 saturated heterocycles. The molecule has 0 N–H and O–H groups in total. The summed E-state index contributed by atoms with van der Waals surface area (Å²) in [5.41, 5.74) is 13.8.